The maximum absolute atomic E-state index is 11.7. The Morgan fingerprint density at radius 3 is 2.88 bits per heavy atom. The lowest BCUT2D eigenvalue weighted by molar-refractivity contribution is -0.123. The summed E-state index contributed by atoms with van der Waals surface area (Å²) in [6, 6.07) is -0.106. The fourth-order valence-corrected chi connectivity index (χ4v) is 1.56. The molecule has 1 saturated heterocycles. The smallest absolute Gasteiger partial charge is 0.238 e. The van der Waals surface area contributed by atoms with Crippen molar-refractivity contribution in [3.05, 3.63) is 0 Å². The molecule has 0 aromatic heterocycles. The highest BCUT2D eigenvalue weighted by Gasteiger charge is 2.19. The van der Waals surface area contributed by atoms with Crippen molar-refractivity contribution in [3.63, 3.8) is 0 Å². The summed E-state index contributed by atoms with van der Waals surface area (Å²) >= 11 is 0. The second kappa shape index (κ2) is 8.41. The summed E-state index contributed by atoms with van der Waals surface area (Å²) in [5.41, 5.74) is 0. The van der Waals surface area contributed by atoms with Crippen LogP contribution in [0.1, 0.15) is 0 Å². The summed E-state index contributed by atoms with van der Waals surface area (Å²) in [6.45, 7) is 5.22. The third-order valence-electron chi connectivity index (χ3n) is 2.59. The highest BCUT2D eigenvalue weighted by Crippen LogP contribution is 1.87. The quantitative estimate of drug-likeness (QED) is 0.463. The Morgan fingerprint density at radius 1 is 1.41 bits per heavy atom. The SMILES string of the molecule is CN(C)CCOCCNC(=O)C1CNCCN1. The molecule has 1 unspecified atom stereocenters. The molecule has 1 amide bonds. The molecule has 1 aliphatic rings. The zero-order chi connectivity index (χ0) is 12.5. The van der Waals surface area contributed by atoms with Gasteiger partial charge in [0.25, 0.3) is 0 Å². The number of nitrogens with one attached hydrogen (secondary N) is 3. The molecule has 1 heterocycles. The number of amides is 1. The van der Waals surface area contributed by atoms with E-state index in [1.54, 1.807) is 0 Å². The first-order valence-electron chi connectivity index (χ1n) is 6.14. The molecule has 0 saturated carbocycles. The second-order valence-electron chi connectivity index (χ2n) is 4.42. The topological polar surface area (TPSA) is 65.6 Å². The maximum Gasteiger partial charge on any atom is 0.238 e. The van der Waals surface area contributed by atoms with E-state index < -0.39 is 0 Å². The van der Waals surface area contributed by atoms with Gasteiger partial charge in [0.05, 0.1) is 19.3 Å². The number of rotatable bonds is 7. The highest BCUT2D eigenvalue weighted by atomic mass is 16.5. The zero-order valence-electron chi connectivity index (χ0n) is 10.8. The van der Waals surface area contributed by atoms with E-state index in [9.17, 15) is 4.79 Å². The van der Waals surface area contributed by atoms with Crippen LogP contribution < -0.4 is 16.0 Å². The first-order chi connectivity index (χ1) is 8.20. The van der Waals surface area contributed by atoms with Crippen LogP contribution in [0.25, 0.3) is 0 Å². The summed E-state index contributed by atoms with van der Waals surface area (Å²) in [7, 11) is 4.01. The van der Waals surface area contributed by atoms with E-state index in [0.717, 1.165) is 19.6 Å². The Hall–Kier alpha value is -0.690. The number of nitrogens with zero attached hydrogens (tertiary/aromatic N) is 1. The molecule has 0 aliphatic carbocycles. The van der Waals surface area contributed by atoms with Crippen molar-refractivity contribution in [1.82, 2.24) is 20.9 Å². The van der Waals surface area contributed by atoms with Crippen LogP contribution in [0.15, 0.2) is 0 Å². The molecule has 3 N–H and O–H groups in total. The molecule has 1 aliphatic heterocycles. The van der Waals surface area contributed by atoms with Crippen LogP contribution in [0.4, 0.5) is 0 Å². The van der Waals surface area contributed by atoms with Gasteiger partial charge in [-0.25, -0.2) is 0 Å². The van der Waals surface area contributed by atoms with Gasteiger partial charge in [0.2, 0.25) is 5.91 Å². The number of hydrogen-bond acceptors (Lipinski definition) is 5. The number of ether oxygens (including phenoxy) is 1. The molecule has 1 rings (SSSR count). The molecule has 1 atom stereocenters. The first kappa shape index (κ1) is 14.4. The van der Waals surface area contributed by atoms with Crippen molar-refractivity contribution >= 4 is 5.91 Å². The molecule has 6 heteroatoms. The molecule has 1 fully saturated rings. The maximum atomic E-state index is 11.7. The van der Waals surface area contributed by atoms with Gasteiger partial charge in [-0.1, -0.05) is 0 Å². The van der Waals surface area contributed by atoms with Crippen molar-refractivity contribution in [1.29, 1.82) is 0 Å². The molecule has 17 heavy (non-hydrogen) atoms. The Kier molecular flexibility index (Phi) is 7.11. The molecular weight excluding hydrogens is 220 g/mol. The Labute approximate surface area is 103 Å². The fraction of sp³-hybridized carbons (Fsp3) is 0.909. The van der Waals surface area contributed by atoms with E-state index >= 15 is 0 Å². The van der Waals surface area contributed by atoms with Crippen LogP contribution in [-0.2, 0) is 9.53 Å². The minimum atomic E-state index is -0.106. The lowest BCUT2D eigenvalue weighted by Crippen LogP contribution is -2.56. The molecule has 100 valence electrons. The van der Waals surface area contributed by atoms with Crippen molar-refractivity contribution in [2.75, 3.05) is 60.0 Å². The van der Waals surface area contributed by atoms with Gasteiger partial charge < -0.3 is 25.6 Å². The van der Waals surface area contributed by atoms with Crippen LogP contribution >= 0.6 is 0 Å². The molecular formula is C11H24N4O2. The lowest BCUT2D eigenvalue weighted by atomic mass is 10.2. The number of carbonyl (C=O) groups excluding carboxylic acids is 1. The minimum Gasteiger partial charge on any atom is -0.378 e. The van der Waals surface area contributed by atoms with Crippen LogP contribution in [-0.4, -0.2) is 76.9 Å². The summed E-state index contributed by atoms with van der Waals surface area (Å²) in [4.78, 5) is 13.7. The summed E-state index contributed by atoms with van der Waals surface area (Å²) < 4.78 is 5.39. The molecule has 0 bridgehead atoms. The van der Waals surface area contributed by atoms with Gasteiger partial charge in [-0.15, -0.1) is 0 Å². The second-order valence-corrected chi connectivity index (χ2v) is 4.42. The van der Waals surface area contributed by atoms with Crippen LogP contribution in [0.2, 0.25) is 0 Å². The standard InChI is InChI=1S/C11H24N4O2/c1-15(2)6-8-17-7-5-14-11(16)10-9-12-3-4-13-10/h10,12-13H,3-9H2,1-2H3,(H,14,16). The number of carbonyl (C=O) groups is 1. The van der Waals surface area contributed by atoms with E-state index in [1.807, 2.05) is 14.1 Å². The average molecular weight is 244 g/mol. The minimum absolute atomic E-state index is 0.0495. The summed E-state index contributed by atoms with van der Waals surface area (Å²) in [6.07, 6.45) is 0. The summed E-state index contributed by atoms with van der Waals surface area (Å²) in [5, 5.41) is 9.20. The first-order valence-corrected chi connectivity index (χ1v) is 6.14. The predicted molar refractivity (Wildman–Crippen MR) is 67.0 cm³/mol. The van der Waals surface area contributed by atoms with Crippen molar-refractivity contribution < 1.29 is 9.53 Å². The third kappa shape index (κ3) is 6.58. The zero-order valence-corrected chi connectivity index (χ0v) is 10.8. The van der Waals surface area contributed by atoms with Gasteiger partial charge in [0.1, 0.15) is 0 Å². The average Bonchev–Trinajstić information content (AvgIpc) is 2.34. The molecule has 0 aromatic rings. The highest BCUT2D eigenvalue weighted by molar-refractivity contribution is 5.82. The van der Waals surface area contributed by atoms with E-state index in [4.69, 9.17) is 4.74 Å². The van der Waals surface area contributed by atoms with Gasteiger partial charge in [-0.3, -0.25) is 4.79 Å². The largest absolute Gasteiger partial charge is 0.378 e. The number of piperazine rings is 1. The predicted octanol–water partition coefficient (Wildman–Crippen LogP) is -1.76. The van der Waals surface area contributed by atoms with Crippen molar-refractivity contribution in [2.45, 2.75) is 6.04 Å². The van der Waals surface area contributed by atoms with Crippen molar-refractivity contribution in [2.24, 2.45) is 0 Å². The van der Waals surface area contributed by atoms with Gasteiger partial charge in [0, 0.05) is 32.7 Å². The van der Waals surface area contributed by atoms with Gasteiger partial charge in [-0.2, -0.15) is 0 Å². The van der Waals surface area contributed by atoms with Crippen molar-refractivity contribution in [3.8, 4) is 0 Å². The number of hydrogen-bond donors (Lipinski definition) is 3. The normalized spacial score (nSPS) is 20.5. The summed E-state index contributed by atoms with van der Waals surface area (Å²) in [5.74, 6) is 0.0495. The molecule has 0 aromatic carbocycles. The van der Waals surface area contributed by atoms with Crippen LogP contribution in [0.5, 0.6) is 0 Å². The molecule has 0 spiro atoms. The van der Waals surface area contributed by atoms with Gasteiger partial charge >= 0.3 is 0 Å². The molecule has 0 radical (unpaired) electrons. The van der Waals surface area contributed by atoms with E-state index in [1.165, 1.54) is 0 Å². The Balaban J connectivity index is 1.96. The van der Waals surface area contributed by atoms with E-state index in [0.29, 0.717) is 26.3 Å². The Morgan fingerprint density at radius 2 is 2.24 bits per heavy atom. The third-order valence-corrected chi connectivity index (χ3v) is 2.59. The van der Waals surface area contributed by atoms with Crippen LogP contribution in [0, 0.1) is 0 Å². The van der Waals surface area contributed by atoms with Gasteiger partial charge in [0.15, 0.2) is 0 Å². The number of likely N-dealkylation sites (N-methyl/N-ethyl adjacent to an activating group) is 1. The fourth-order valence-electron chi connectivity index (χ4n) is 1.56. The van der Waals surface area contributed by atoms with E-state index in [-0.39, 0.29) is 11.9 Å². The lowest BCUT2D eigenvalue weighted by Gasteiger charge is -2.23. The Bertz CT molecular complexity index is 218. The van der Waals surface area contributed by atoms with Gasteiger partial charge in [-0.05, 0) is 14.1 Å². The monoisotopic (exact) mass is 244 g/mol. The van der Waals surface area contributed by atoms with Crippen LogP contribution in [0.3, 0.4) is 0 Å². The van der Waals surface area contributed by atoms with E-state index in [2.05, 4.69) is 20.9 Å². The molecule has 6 nitrogen and oxygen atoms in total.